The predicted molar refractivity (Wildman–Crippen MR) is 81.7 cm³/mol. The van der Waals surface area contributed by atoms with Crippen LogP contribution in [0.4, 0.5) is 0 Å². The molecule has 0 saturated carbocycles. The summed E-state index contributed by atoms with van der Waals surface area (Å²) in [6.45, 7) is 1.03. The molecule has 1 fully saturated rings. The third-order valence-electron chi connectivity index (χ3n) is 3.81. The lowest BCUT2D eigenvalue weighted by Gasteiger charge is -2.22. The van der Waals surface area contributed by atoms with E-state index in [2.05, 4.69) is 12.1 Å². The Labute approximate surface area is 125 Å². The van der Waals surface area contributed by atoms with Crippen LogP contribution in [-0.2, 0) is 22.4 Å². The van der Waals surface area contributed by atoms with Crippen LogP contribution in [-0.4, -0.2) is 30.2 Å². The first-order valence-corrected chi connectivity index (χ1v) is 7.28. The van der Waals surface area contributed by atoms with Crippen LogP contribution in [0.1, 0.15) is 11.1 Å². The molecule has 108 valence electrons. The van der Waals surface area contributed by atoms with Crippen molar-refractivity contribution in [2.75, 3.05) is 13.3 Å². The van der Waals surface area contributed by atoms with Crippen LogP contribution in [0.5, 0.6) is 0 Å². The second kappa shape index (κ2) is 6.55. The highest BCUT2D eigenvalue weighted by molar-refractivity contribution is 5.79. The Morgan fingerprint density at radius 1 is 1.00 bits per heavy atom. The minimum atomic E-state index is 0.139. The molecule has 0 bridgehead atoms. The van der Waals surface area contributed by atoms with Crippen LogP contribution >= 0.6 is 0 Å². The van der Waals surface area contributed by atoms with E-state index in [1.54, 1.807) is 0 Å². The first-order chi connectivity index (χ1) is 10.3. The van der Waals surface area contributed by atoms with Gasteiger partial charge in [-0.25, -0.2) is 0 Å². The number of rotatable bonds is 4. The molecule has 1 aliphatic heterocycles. The van der Waals surface area contributed by atoms with Crippen molar-refractivity contribution in [2.24, 2.45) is 0 Å². The van der Waals surface area contributed by atoms with E-state index in [0.29, 0.717) is 19.8 Å². The van der Waals surface area contributed by atoms with Gasteiger partial charge >= 0.3 is 0 Å². The molecule has 0 radical (unpaired) electrons. The van der Waals surface area contributed by atoms with Gasteiger partial charge in [0, 0.05) is 0 Å². The number of hydrogen-bond donors (Lipinski definition) is 0. The third kappa shape index (κ3) is 3.50. The van der Waals surface area contributed by atoms with Crippen LogP contribution in [0.2, 0.25) is 0 Å². The Morgan fingerprint density at radius 2 is 1.62 bits per heavy atom. The number of amides is 1. The van der Waals surface area contributed by atoms with Gasteiger partial charge in [-0.1, -0.05) is 60.7 Å². The van der Waals surface area contributed by atoms with E-state index in [9.17, 15) is 4.79 Å². The summed E-state index contributed by atoms with van der Waals surface area (Å²) in [5.41, 5.74) is 2.29. The second-order valence-corrected chi connectivity index (χ2v) is 5.37. The molecule has 2 aromatic rings. The SMILES string of the molecule is O=C(Cc1ccccc1)N1COCC1Cc1ccccc1. The summed E-state index contributed by atoms with van der Waals surface area (Å²) in [4.78, 5) is 14.3. The molecule has 0 aromatic heterocycles. The minimum Gasteiger partial charge on any atom is -0.359 e. The molecular formula is C18H19NO2. The van der Waals surface area contributed by atoms with Crippen LogP contribution in [0.25, 0.3) is 0 Å². The number of ether oxygens (including phenoxy) is 1. The highest BCUT2D eigenvalue weighted by Crippen LogP contribution is 2.17. The van der Waals surface area contributed by atoms with E-state index < -0.39 is 0 Å². The largest absolute Gasteiger partial charge is 0.359 e. The lowest BCUT2D eigenvalue weighted by molar-refractivity contribution is -0.132. The Hall–Kier alpha value is -2.13. The van der Waals surface area contributed by atoms with E-state index in [0.717, 1.165) is 12.0 Å². The fraction of sp³-hybridized carbons (Fsp3) is 0.278. The van der Waals surface area contributed by atoms with Gasteiger partial charge < -0.3 is 9.64 Å². The fourth-order valence-corrected chi connectivity index (χ4v) is 2.69. The van der Waals surface area contributed by atoms with E-state index in [1.807, 2.05) is 53.4 Å². The smallest absolute Gasteiger partial charge is 0.229 e. The molecule has 2 aromatic carbocycles. The number of carbonyl (C=O) groups excluding carboxylic acids is 1. The fourth-order valence-electron chi connectivity index (χ4n) is 2.69. The van der Waals surface area contributed by atoms with Gasteiger partial charge in [0.2, 0.25) is 5.91 Å². The van der Waals surface area contributed by atoms with Gasteiger partial charge in [-0.3, -0.25) is 4.79 Å². The average molecular weight is 281 g/mol. The van der Waals surface area contributed by atoms with Gasteiger partial charge in [0.25, 0.3) is 0 Å². The number of hydrogen-bond acceptors (Lipinski definition) is 2. The van der Waals surface area contributed by atoms with E-state index in [4.69, 9.17) is 4.74 Å². The van der Waals surface area contributed by atoms with Crippen LogP contribution in [0, 0.1) is 0 Å². The van der Waals surface area contributed by atoms with Crippen LogP contribution in [0.3, 0.4) is 0 Å². The summed E-state index contributed by atoms with van der Waals surface area (Å²) in [7, 11) is 0. The van der Waals surface area contributed by atoms with Crippen molar-refractivity contribution in [1.29, 1.82) is 0 Å². The van der Waals surface area contributed by atoms with E-state index in [1.165, 1.54) is 5.56 Å². The summed E-state index contributed by atoms with van der Waals surface area (Å²) in [6, 6.07) is 20.3. The zero-order valence-electron chi connectivity index (χ0n) is 11.9. The molecule has 0 aliphatic carbocycles. The lowest BCUT2D eigenvalue weighted by atomic mass is 10.1. The van der Waals surface area contributed by atoms with Crippen LogP contribution in [0.15, 0.2) is 60.7 Å². The van der Waals surface area contributed by atoms with Crippen molar-refractivity contribution < 1.29 is 9.53 Å². The molecule has 1 unspecified atom stereocenters. The van der Waals surface area contributed by atoms with Gasteiger partial charge in [-0.05, 0) is 17.5 Å². The standard InChI is InChI=1S/C18H19NO2/c20-18(12-16-9-5-2-6-10-16)19-14-21-13-17(19)11-15-7-3-1-4-8-15/h1-10,17H,11-14H2. The van der Waals surface area contributed by atoms with E-state index in [-0.39, 0.29) is 11.9 Å². The van der Waals surface area contributed by atoms with Crippen molar-refractivity contribution in [3.8, 4) is 0 Å². The zero-order valence-corrected chi connectivity index (χ0v) is 11.9. The Kier molecular flexibility index (Phi) is 4.31. The molecule has 0 N–H and O–H groups in total. The van der Waals surface area contributed by atoms with Crippen LogP contribution < -0.4 is 0 Å². The van der Waals surface area contributed by atoms with Crippen molar-refractivity contribution in [3.05, 3.63) is 71.8 Å². The maximum absolute atomic E-state index is 12.5. The molecule has 1 aliphatic rings. The zero-order chi connectivity index (χ0) is 14.5. The summed E-state index contributed by atoms with van der Waals surface area (Å²) < 4.78 is 5.51. The molecule has 1 saturated heterocycles. The molecule has 3 heteroatoms. The Balaban J connectivity index is 1.65. The van der Waals surface area contributed by atoms with Crippen molar-refractivity contribution >= 4 is 5.91 Å². The highest BCUT2D eigenvalue weighted by atomic mass is 16.5. The molecular weight excluding hydrogens is 262 g/mol. The topological polar surface area (TPSA) is 29.5 Å². The molecule has 21 heavy (non-hydrogen) atoms. The number of benzene rings is 2. The third-order valence-corrected chi connectivity index (χ3v) is 3.81. The summed E-state index contributed by atoms with van der Waals surface area (Å²) in [5, 5.41) is 0. The first kappa shape index (κ1) is 13.8. The van der Waals surface area contributed by atoms with Crippen molar-refractivity contribution in [3.63, 3.8) is 0 Å². The summed E-state index contributed by atoms with van der Waals surface area (Å²) in [5.74, 6) is 0.139. The van der Waals surface area contributed by atoms with Gasteiger partial charge in [0.05, 0.1) is 19.1 Å². The maximum Gasteiger partial charge on any atom is 0.229 e. The number of carbonyl (C=O) groups is 1. The Morgan fingerprint density at radius 3 is 2.29 bits per heavy atom. The van der Waals surface area contributed by atoms with Crippen molar-refractivity contribution in [2.45, 2.75) is 18.9 Å². The summed E-state index contributed by atoms with van der Waals surface area (Å²) in [6.07, 6.45) is 1.29. The molecule has 1 amide bonds. The lowest BCUT2D eigenvalue weighted by Crippen LogP contribution is -2.38. The predicted octanol–water partition coefficient (Wildman–Crippen LogP) is 2.66. The molecule has 1 atom stereocenters. The maximum atomic E-state index is 12.5. The van der Waals surface area contributed by atoms with E-state index >= 15 is 0 Å². The number of nitrogens with zero attached hydrogens (tertiary/aromatic N) is 1. The highest BCUT2D eigenvalue weighted by Gasteiger charge is 2.29. The minimum absolute atomic E-state index is 0.139. The molecule has 0 spiro atoms. The van der Waals surface area contributed by atoms with Gasteiger partial charge in [-0.15, -0.1) is 0 Å². The quantitative estimate of drug-likeness (QED) is 0.862. The monoisotopic (exact) mass is 281 g/mol. The molecule has 3 nitrogen and oxygen atoms in total. The molecule has 3 rings (SSSR count). The van der Waals surface area contributed by atoms with Gasteiger partial charge in [-0.2, -0.15) is 0 Å². The van der Waals surface area contributed by atoms with Gasteiger partial charge in [0.15, 0.2) is 0 Å². The Bertz CT molecular complexity index is 583. The second-order valence-electron chi connectivity index (χ2n) is 5.37. The summed E-state index contributed by atoms with van der Waals surface area (Å²) >= 11 is 0. The normalized spacial score (nSPS) is 17.9. The van der Waals surface area contributed by atoms with Crippen molar-refractivity contribution in [1.82, 2.24) is 4.90 Å². The average Bonchev–Trinajstić information content (AvgIpc) is 2.97. The van der Waals surface area contributed by atoms with Gasteiger partial charge in [0.1, 0.15) is 6.73 Å². The molecule has 1 heterocycles. The first-order valence-electron chi connectivity index (χ1n) is 7.28.